The van der Waals surface area contributed by atoms with Crippen LogP contribution in [0.3, 0.4) is 0 Å². The van der Waals surface area contributed by atoms with Crippen LogP contribution in [-0.2, 0) is 9.59 Å². The summed E-state index contributed by atoms with van der Waals surface area (Å²) in [7, 11) is 0. The molecule has 0 aromatic heterocycles. The highest BCUT2D eigenvalue weighted by Crippen LogP contribution is 2.13. The molecule has 3 amide bonds. The second-order valence-corrected chi connectivity index (χ2v) is 7.85. The highest BCUT2D eigenvalue weighted by atomic mass is 16.2. The number of nitrogens with one attached hydrogen (secondary N) is 2. The Bertz CT molecular complexity index is 638. The molecule has 0 unspecified atom stereocenters. The summed E-state index contributed by atoms with van der Waals surface area (Å²) in [6.07, 6.45) is 0.733. The van der Waals surface area contributed by atoms with E-state index in [4.69, 9.17) is 0 Å². The van der Waals surface area contributed by atoms with Crippen molar-refractivity contribution in [1.29, 1.82) is 0 Å². The molecule has 27 heavy (non-hydrogen) atoms. The van der Waals surface area contributed by atoms with Crippen molar-refractivity contribution in [1.82, 2.24) is 15.5 Å². The largest absolute Gasteiger partial charge is 0.350 e. The summed E-state index contributed by atoms with van der Waals surface area (Å²) in [6, 6.07) is 8.14. The van der Waals surface area contributed by atoms with Gasteiger partial charge in [0.15, 0.2) is 0 Å². The third-order valence-electron chi connectivity index (χ3n) is 4.34. The van der Waals surface area contributed by atoms with Crippen LogP contribution in [0.25, 0.3) is 0 Å². The molecule has 0 fully saturated rings. The maximum Gasteiger partial charge on any atom is 0.251 e. The predicted octanol–water partition coefficient (Wildman–Crippen LogP) is 2.59. The quantitative estimate of drug-likeness (QED) is 0.733. The first-order valence-electron chi connectivity index (χ1n) is 9.54. The van der Waals surface area contributed by atoms with Gasteiger partial charge in [0.1, 0.15) is 6.04 Å². The minimum atomic E-state index is -0.676. The Morgan fingerprint density at radius 2 is 1.67 bits per heavy atom. The van der Waals surface area contributed by atoms with Gasteiger partial charge in [0, 0.05) is 17.6 Å². The van der Waals surface area contributed by atoms with Crippen LogP contribution in [0, 0.1) is 5.92 Å². The molecule has 1 aromatic rings. The smallest absolute Gasteiger partial charge is 0.251 e. The highest BCUT2D eigenvalue weighted by molar-refractivity contribution is 5.98. The Hall–Kier alpha value is -2.37. The van der Waals surface area contributed by atoms with Gasteiger partial charge in [-0.25, -0.2) is 0 Å². The molecule has 2 N–H and O–H groups in total. The van der Waals surface area contributed by atoms with Crippen molar-refractivity contribution < 1.29 is 14.4 Å². The molecular weight excluding hydrogens is 342 g/mol. The second kappa shape index (κ2) is 10.1. The number of rotatable bonds is 8. The zero-order chi connectivity index (χ0) is 20.6. The van der Waals surface area contributed by atoms with Gasteiger partial charge in [-0.05, 0) is 45.7 Å². The lowest BCUT2D eigenvalue weighted by molar-refractivity contribution is -0.138. The second-order valence-electron chi connectivity index (χ2n) is 7.85. The minimum absolute atomic E-state index is 0.0270. The zero-order valence-electron chi connectivity index (χ0n) is 17.3. The van der Waals surface area contributed by atoms with Gasteiger partial charge in [-0.2, -0.15) is 0 Å². The fourth-order valence-electron chi connectivity index (χ4n) is 2.67. The van der Waals surface area contributed by atoms with Crippen LogP contribution in [0.4, 0.5) is 0 Å². The molecule has 0 heterocycles. The van der Waals surface area contributed by atoms with Gasteiger partial charge in [-0.15, -0.1) is 0 Å². The topological polar surface area (TPSA) is 78.5 Å². The van der Waals surface area contributed by atoms with Crippen LogP contribution in [0.15, 0.2) is 30.3 Å². The Balaban J connectivity index is 2.92. The van der Waals surface area contributed by atoms with Crippen molar-refractivity contribution in [3.05, 3.63) is 35.9 Å². The maximum absolute atomic E-state index is 13.1. The van der Waals surface area contributed by atoms with Crippen molar-refractivity contribution in [3.63, 3.8) is 0 Å². The Morgan fingerprint density at radius 3 is 2.15 bits per heavy atom. The summed E-state index contributed by atoms with van der Waals surface area (Å²) >= 11 is 0. The van der Waals surface area contributed by atoms with E-state index < -0.39 is 6.04 Å². The highest BCUT2D eigenvalue weighted by Gasteiger charge is 2.31. The molecule has 2 atom stereocenters. The monoisotopic (exact) mass is 375 g/mol. The van der Waals surface area contributed by atoms with E-state index in [-0.39, 0.29) is 35.7 Å². The summed E-state index contributed by atoms with van der Waals surface area (Å²) in [6.45, 7) is 11.8. The molecule has 6 nitrogen and oxygen atoms in total. The number of nitrogens with zero attached hydrogens (tertiary/aromatic N) is 1. The van der Waals surface area contributed by atoms with E-state index in [1.165, 1.54) is 4.90 Å². The number of benzene rings is 1. The lowest BCUT2D eigenvalue weighted by Gasteiger charge is -2.30. The van der Waals surface area contributed by atoms with E-state index in [9.17, 15) is 14.4 Å². The summed E-state index contributed by atoms with van der Waals surface area (Å²) in [5, 5.41) is 5.73. The number of carbonyl (C=O) groups is 3. The van der Waals surface area contributed by atoms with Gasteiger partial charge in [0.05, 0.1) is 6.54 Å². The van der Waals surface area contributed by atoms with Crippen LogP contribution in [0.1, 0.15) is 58.3 Å². The normalized spacial score (nSPS) is 13.4. The van der Waals surface area contributed by atoms with E-state index >= 15 is 0 Å². The van der Waals surface area contributed by atoms with Crippen LogP contribution in [-0.4, -0.2) is 47.3 Å². The third kappa shape index (κ3) is 7.41. The number of hydrogen-bond acceptors (Lipinski definition) is 3. The van der Waals surface area contributed by atoms with Crippen LogP contribution in [0.5, 0.6) is 0 Å². The molecule has 6 heteroatoms. The SMILES string of the molecule is CC[C@@H](C)[C@@H](NC(=O)c1ccccc1)C(=O)N(CC)CC(=O)NC(C)(C)C. The molecule has 0 aliphatic rings. The summed E-state index contributed by atoms with van der Waals surface area (Å²) in [4.78, 5) is 39.3. The van der Waals surface area contributed by atoms with Crippen LogP contribution < -0.4 is 10.6 Å². The van der Waals surface area contributed by atoms with E-state index in [0.29, 0.717) is 12.1 Å². The van der Waals surface area contributed by atoms with Gasteiger partial charge in [0.25, 0.3) is 5.91 Å². The molecule has 0 aliphatic carbocycles. The van der Waals surface area contributed by atoms with Crippen molar-refractivity contribution in [2.45, 2.75) is 59.5 Å². The van der Waals surface area contributed by atoms with Gasteiger partial charge in [-0.1, -0.05) is 38.5 Å². The maximum atomic E-state index is 13.1. The van der Waals surface area contributed by atoms with Gasteiger partial charge in [0.2, 0.25) is 11.8 Å². The number of carbonyl (C=O) groups excluding carboxylic acids is 3. The lowest BCUT2D eigenvalue weighted by atomic mass is 9.97. The van der Waals surface area contributed by atoms with Crippen molar-refractivity contribution >= 4 is 17.7 Å². The molecule has 1 rings (SSSR count). The molecule has 0 aliphatic heterocycles. The van der Waals surface area contributed by atoms with Crippen molar-refractivity contribution in [2.75, 3.05) is 13.1 Å². The fourth-order valence-corrected chi connectivity index (χ4v) is 2.67. The van der Waals surface area contributed by atoms with Crippen molar-refractivity contribution in [3.8, 4) is 0 Å². The minimum Gasteiger partial charge on any atom is -0.350 e. The van der Waals surface area contributed by atoms with E-state index in [2.05, 4.69) is 10.6 Å². The lowest BCUT2D eigenvalue weighted by Crippen LogP contribution is -2.54. The first-order chi connectivity index (χ1) is 12.6. The predicted molar refractivity (Wildman–Crippen MR) is 107 cm³/mol. The summed E-state index contributed by atoms with van der Waals surface area (Å²) in [5.74, 6) is -0.787. The summed E-state index contributed by atoms with van der Waals surface area (Å²) < 4.78 is 0. The number of hydrogen-bond donors (Lipinski definition) is 2. The third-order valence-corrected chi connectivity index (χ3v) is 4.34. The molecule has 0 saturated carbocycles. The summed E-state index contributed by atoms with van der Waals surface area (Å²) in [5.41, 5.74) is 0.143. The molecule has 0 spiro atoms. The molecule has 0 radical (unpaired) electrons. The van der Waals surface area contributed by atoms with E-state index in [0.717, 1.165) is 6.42 Å². The standard InChI is InChI=1S/C21H33N3O3/c1-7-15(3)18(22-19(26)16-12-10-9-11-13-16)20(27)24(8-2)14-17(25)23-21(4,5)6/h9-13,15,18H,7-8,14H2,1-6H3,(H,22,26)(H,23,25)/t15-,18-/m1/s1. The number of amides is 3. The van der Waals surface area contributed by atoms with E-state index in [1.54, 1.807) is 24.3 Å². The number of likely N-dealkylation sites (N-methyl/N-ethyl adjacent to an activating group) is 1. The van der Waals surface area contributed by atoms with Gasteiger partial charge < -0.3 is 15.5 Å². The molecular formula is C21H33N3O3. The first-order valence-corrected chi connectivity index (χ1v) is 9.54. The Kier molecular flexibility index (Phi) is 8.47. The molecule has 0 saturated heterocycles. The molecule has 150 valence electrons. The average molecular weight is 376 g/mol. The van der Waals surface area contributed by atoms with Gasteiger partial charge in [-0.3, -0.25) is 14.4 Å². The Labute approximate surface area is 162 Å². The fraction of sp³-hybridized carbons (Fsp3) is 0.571. The van der Waals surface area contributed by atoms with Gasteiger partial charge >= 0.3 is 0 Å². The first kappa shape index (κ1) is 22.7. The average Bonchev–Trinajstić information content (AvgIpc) is 2.62. The van der Waals surface area contributed by atoms with Crippen LogP contribution in [0.2, 0.25) is 0 Å². The Morgan fingerprint density at radius 1 is 1.07 bits per heavy atom. The molecule has 1 aromatic carbocycles. The van der Waals surface area contributed by atoms with Crippen molar-refractivity contribution in [2.24, 2.45) is 5.92 Å². The zero-order valence-corrected chi connectivity index (χ0v) is 17.3. The molecule has 0 bridgehead atoms. The van der Waals surface area contributed by atoms with E-state index in [1.807, 2.05) is 47.6 Å². The van der Waals surface area contributed by atoms with Crippen LogP contribution >= 0.6 is 0 Å².